The van der Waals surface area contributed by atoms with Crippen LogP contribution in [0.25, 0.3) is 0 Å². The molecule has 0 amide bonds. The van der Waals surface area contributed by atoms with Gasteiger partial charge in [-0.05, 0) is 24.5 Å². The first-order chi connectivity index (χ1) is 9.36. The van der Waals surface area contributed by atoms with Gasteiger partial charge in [0.05, 0.1) is 5.56 Å². The molecule has 1 unspecified atom stereocenters. The molecule has 1 atom stereocenters. The van der Waals surface area contributed by atoms with E-state index < -0.39 is 11.7 Å². The Hall–Kier alpha value is -0.970. The van der Waals surface area contributed by atoms with Gasteiger partial charge in [-0.15, -0.1) is 0 Å². The number of rotatable bonds is 7. The van der Waals surface area contributed by atoms with Gasteiger partial charge in [-0.1, -0.05) is 44.7 Å². The van der Waals surface area contributed by atoms with E-state index in [4.69, 9.17) is 11.6 Å². The van der Waals surface area contributed by atoms with Gasteiger partial charge in [-0.3, -0.25) is 0 Å². The van der Waals surface area contributed by atoms with E-state index in [2.05, 4.69) is 24.1 Å². The van der Waals surface area contributed by atoms with Crippen LogP contribution in [0.1, 0.15) is 45.1 Å². The Balaban J connectivity index is 2.70. The molecule has 0 aliphatic heterocycles. The van der Waals surface area contributed by atoms with Crippen LogP contribution in [-0.4, -0.2) is 11.5 Å². The molecule has 0 aromatic carbocycles. The molecule has 0 bridgehead atoms. The highest BCUT2D eigenvalue weighted by Crippen LogP contribution is 2.32. The maximum Gasteiger partial charge on any atom is 0.416 e. The Bertz CT molecular complexity index is 421. The Kier molecular flexibility index (Phi) is 6.59. The molecule has 0 radical (unpaired) electrons. The van der Waals surface area contributed by atoms with Gasteiger partial charge in [0.1, 0.15) is 11.0 Å². The minimum absolute atomic E-state index is 0.149. The van der Waals surface area contributed by atoms with E-state index in [1.54, 1.807) is 0 Å². The third-order valence-corrected chi connectivity index (χ3v) is 3.43. The maximum absolute atomic E-state index is 12.7. The van der Waals surface area contributed by atoms with Crippen molar-refractivity contribution in [2.45, 2.75) is 45.7 Å². The van der Waals surface area contributed by atoms with Crippen molar-refractivity contribution < 1.29 is 13.2 Å². The molecule has 2 nitrogen and oxygen atoms in total. The van der Waals surface area contributed by atoms with E-state index in [1.807, 2.05) is 0 Å². The number of alkyl halides is 3. The quantitative estimate of drug-likeness (QED) is 0.684. The molecular weight excluding hydrogens is 289 g/mol. The number of anilines is 1. The molecule has 6 heteroatoms. The molecule has 1 N–H and O–H groups in total. The Morgan fingerprint density at radius 3 is 2.55 bits per heavy atom. The van der Waals surface area contributed by atoms with Crippen LogP contribution < -0.4 is 5.32 Å². The van der Waals surface area contributed by atoms with Gasteiger partial charge in [0.2, 0.25) is 0 Å². The molecule has 0 saturated carbocycles. The number of nitrogens with one attached hydrogen (secondary N) is 1. The lowest BCUT2D eigenvalue weighted by Crippen LogP contribution is -2.15. The third kappa shape index (κ3) is 5.57. The van der Waals surface area contributed by atoms with Crippen LogP contribution in [0.15, 0.2) is 12.1 Å². The van der Waals surface area contributed by atoms with Gasteiger partial charge in [0.15, 0.2) is 0 Å². The summed E-state index contributed by atoms with van der Waals surface area (Å²) in [5.74, 6) is 0.616. The Morgan fingerprint density at radius 2 is 2.00 bits per heavy atom. The van der Waals surface area contributed by atoms with Crippen molar-refractivity contribution in [2.75, 3.05) is 11.9 Å². The van der Waals surface area contributed by atoms with Crippen molar-refractivity contribution in [2.24, 2.45) is 5.92 Å². The number of aromatic nitrogens is 1. The van der Waals surface area contributed by atoms with Crippen molar-refractivity contribution in [1.82, 2.24) is 4.98 Å². The summed E-state index contributed by atoms with van der Waals surface area (Å²) in [6.45, 7) is 4.81. The lowest BCUT2D eigenvalue weighted by atomic mass is 9.99. The topological polar surface area (TPSA) is 24.9 Å². The zero-order valence-corrected chi connectivity index (χ0v) is 12.5. The lowest BCUT2D eigenvalue weighted by molar-refractivity contribution is -0.137. The van der Waals surface area contributed by atoms with Crippen LogP contribution in [0.4, 0.5) is 19.0 Å². The summed E-state index contributed by atoms with van der Waals surface area (Å²) in [4.78, 5) is 3.89. The van der Waals surface area contributed by atoms with Gasteiger partial charge in [-0.25, -0.2) is 4.98 Å². The van der Waals surface area contributed by atoms with Crippen molar-refractivity contribution in [3.05, 3.63) is 22.8 Å². The Morgan fingerprint density at radius 1 is 1.30 bits per heavy atom. The van der Waals surface area contributed by atoms with E-state index in [0.29, 0.717) is 12.5 Å². The highest BCUT2D eigenvalue weighted by molar-refractivity contribution is 6.29. The molecule has 20 heavy (non-hydrogen) atoms. The fraction of sp³-hybridized carbons (Fsp3) is 0.643. The van der Waals surface area contributed by atoms with E-state index in [0.717, 1.165) is 37.8 Å². The van der Waals surface area contributed by atoms with Crippen molar-refractivity contribution in [3.8, 4) is 0 Å². The second kappa shape index (κ2) is 7.72. The fourth-order valence-corrected chi connectivity index (χ4v) is 2.15. The fourth-order valence-electron chi connectivity index (χ4n) is 1.94. The average molecular weight is 309 g/mol. The van der Waals surface area contributed by atoms with Crippen molar-refractivity contribution in [3.63, 3.8) is 0 Å². The monoisotopic (exact) mass is 308 g/mol. The van der Waals surface area contributed by atoms with Crippen LogP contribution in [0.5, 0.6) is 0 Å². The molecule has 0 fully saturated rings. The number of pyridine rings is 1. The van der Waals surface area contributed by atoms with E-state index >= 15 is 0 Å². The van der Waals surface area contributed by atoms with Crippen LogP contribution in [0, 0.1) is 5.92 Å². The van der Waals surface area contributed by atoms with Crippen LogP contribution >= 0.6 is 11.6 Å². The van der Waals surface area contributed by atoms with Gasteiger partial charge in [-0.2, -0.15) is 13.2 Å². The number of unbranched alkanes of at least 4 members (excludes halogenated alkanes) is 1. The molecule has 1 heterocycles. The summed E-state index contributed by atoms with van der Waals surface area (Å²) in [5.41, 5.74) is -0.776. The van der Waals surface area contributed by atoms with Crippen LogP contribution in [0.3, 0.4) is 0 Å². The molecular formula is C14H20ClF3N2. The molecule has 0 spiro atoms. The first-order valence-corrected chi connectivity index (χ1v) is 7.23. The molecule has 0 saturated heterocycles. The number of hydrogen-bond acceptors (Lipinski definition) is 2. The van der Waals surface area contributed by atoms with E-state index in [1.165, 1.54) is 0 Å². The van der Waals surface area contributed by atoms with Gasteiger partial charge in [0.25, 0.3) is 0 Å². The van der Waals surface area contributed by atoms with Crippen molar-refractivity contribution in [1.29, 1.82) is 0 Å². The lowest BCUT2D eigenvalue weighted by Gasteiger charge is -2.16. The summed E-state index contributed by atoms with van der Waals surface area (Å²) in [6.07, 6.45) is -0.122. The predicted molar refractivity (Wildman–Crippen MR) is 76.0 cm³/mol. The first-order valence-electron chi connectivity index (χ1n) is 6.85. The third-order valence-electron chi connectivity index (χ3n) is 3.24. The van der Waals surface area contributed by atoms with Gasteiger partial charge >= 0.3 is 6.18 Å². The molecule has 0 aliphatic carbocycles. The summed E-state index contributed by atoms with van der Waals surface area (Å²) >= 11 is 5.64. The van der Waals surface area contributed by atoms with Crippen LogP contribution in [0.2, 0.25) is 5.15 Å². The van der Waals surface area contributed by atoms with E-state index in [-0.39, 0.29) is 11.0 Å². The van der Waals surface area contributed by atoms with Crippen LogP contribution in [-0.2, 0) is 6.18 Å². The number of nitrogens with zero attached hydrogens (tertiary/aromatic N) is 1. The highest BCUT2D eigenvalue weighted by atomic mass is 35.5. The van der Waals surface area contributed by atoms with E-state index in [9.17, 15) is 13.2 Å². The average Bonchev–Trinajstić information content (AvgIpc) is 2.37. The zero-order valence-electron chi connectivity index (χ0n) is 11.7. The second-order valence-electron chi connectivity index (χ2n) is 4.86. The number of hydrogen-bond donors (Lipinski definition) is 1. The molecule has 1 aromatic rings. The molecule has 1 aromatic heterocycles. The summed E-state index contributed by atoms with van der Waals surface area (Å²) in [5, 5.41) is 2.81. The smallest absolute Gasteiger partial charge is 0.370 e. The first kappa shape index (κ1) is 17.1. The SMILES string of the molecule is CCCCC(CC)CNc1cc(C(F)(F)F)cc(Cl)n1. The minimum Gasteiger partial charge on any atom is -0.370 e. The second-order valence-corrected chi connectivity index (χ2v) is 5.25. The molecule has 1 rings (SSSR count). The summed E-state index contributed by atoms with van der Waals surface area (Å²) in [6, 6.07) is 1.83. The standard InChI is InChI=1S/C14H20ClF3N2/c1-3-5-6-10(4-2)9-19-13-8-11(14(16,17)18)7-12(15)20-13/h7-8,10H,3-6,9H2,1-2H3,(H,19,20). The van der Waals surface area contributed by atoms with Gasteiger partial charge in [0, 0.05) is 6.54 Å². The van der Waals surface area contributed by atoms with Gasteiger partial charge < -0.3 is 5.32 Å². The zero-order chi connectivity index (χ0) is 15.2. The largest absolute Gasteiger partial charge is 0.416 e. The maximum atomic E-state index is 12.7. The normalized spacial score (nSPS) is 13.3. The number of halogens is 4. The molecule has 114 valence electrons. The predicted octanol–water partition coefficient (Wildman–Crippen LogP) is 5.38. The summed E-state index contributed by atoms with van der Waals surface area (Å²) in [7, 11) is 0. The summed E-state index contributed by atoms with van der Waals surface area (Å²) < 4.78 is 38.0. The van der Waals surface area contributed by atoms with Crippen molar-refractivity contribution >= 4 is 17.4 Å². The molecule has 0 aliphatic rings. The highest BCUT2D eigenvalue weighted by Gasteiger charge is 2.31. The Labute approximate surface area is 122 Å². The minimum atomic E-state index is -4.41.